The Morgan fingerprint density at radius 2 is 2.04 bits per heavy atom. The first-order valence-corrected chi connectivity index (χ1v) is 10.7. The summed E-state index contributed by atoms with van der Waals surface area (Å²) in [5.74, 6) is 0.898. The Morgan fingerprint density at radius 1 is 1.38 bits per heavy atom. The van der Waals surface area contributed by atoms with Crippen LogP contribution in [0.25, 0.3) is 0 Å². The van der Waals surface area contributed by atoms with Gasteiger partial charge in [0, 0.05) is 25.3 Å². The van der Waals surface area contributed by atoms with Crippen molar-refractivity contribution in [2.24, 2.45) is 5.92 Å². The van der Waals surface area contributed by atoms with Gasteiger partial charge in [0.2, 0.25) is 15.9 Å². The Hall–Kier alpha value is -1.12. The Morgan fingerprint density at radius 3 is 2.54 bits per heavy atom. The van der Waals surface area contributed by atoms with Crippen LogP contribution in [0.1, 0.15) is 33.6 Å². The number of amides is 1. The van der Waals surface area contributed by atoms with Crippen LogP contribution in [0.3, 0.4) is 0 Å². The van der Waals surface area contributed by atoms with Gasteiger partial charge in [-0.2, -0.15) is 4.31 Å². The Bertz CT molecular complexity index is 654. The summed E-state index contributed by atoms with van der Waals surface area (Å²) in [6.07, 6.45) is 3.75. The predicted molar refractivity (Wildman–Crippen MR) is 95.4 cm³/mol. The first-order chi connectivity index (χ1) is 11.4. The van der Waals surface area contributed by atoms with E-state index in [-0.39, 0.29) is 22.6 Å². The number of hydrogen-bond acceptors (Lipinski definition) is 5. The number of thioether (sulfide) groups is 1. The molecular formula is C16H25N3O3S2. The van der Waals surface area contributed by atoms with Crippen molar-refractivity contribution in [2.75, 3.05) is 18.8 Å². The molecule has 6 nitrogen and oxygen atoms in total. The molecule has 1 aliphatic rings. The monoisotopic (exact) mass is 371 g/mol. The molecule has 134 valence electrons. The van der Waals surface area contributed by atoms with E-state index in [4.69, 9.17) is 0 Å². The summed E-state index contributed by atoms with van der Waals surface area (Å²) in [4.78, 5) is 16.2. The van der Waals surface area contributed by atoms with Crippen molar-refractivity contribution >= 4 is 27.7 Å². The van der Waals surface area contributed by atoms with Crippen molar-refractivity contribution in [1.82, 2.24) is 14.6 Å². The van der Waals surface area contributed by atoms with Gasteiger partial charge < -0.3 is 5.32 Å². The molecule has 1 N–H and O–H groups in total. The van der Waals surface area contributed by atoms with Crippen LogP contribution in [0, 0.1) is 5.92 Å². The van der Waals surface area contributed by atoms with Crippen molar-refractivity contribution in [3.8, 4) is 0 Å². The Labute approximate surface area is 148 Å². The van der Waals surface area contributed by atoms with Gasteiger partial charge in [0.25, 0.3) is 0 Å². The van der Waals surface area contributed by atoms with Gasteiger partial charge in [0.15, 0.2) is 0 Å². The molecule has 0 spiro atoms. The second kappa shape index (κ2) is 8.31. The molecule has 1 amide bonds. The fourth-order valence-electron chi connectivity index (χ4n) is 2.47. The molecule has 1 atom stereocenters. The lowest BCUT2D eigenvalue weighted by Gasteiger charge is -2.18. The van der Waals surface area contributed by atoms with Crippen LogP contribution in [0.2, 0.25) is 0 Å². The van der Waals surface area contributed by atoms with E-state index in [9.17, 15) is 13.2 Å². The van der Waals surface area contributed by atoms with Gasteiger partial charge in [-0.1, -0.05) is 25.6 Å². The number of carbonyl (C=O) groups excluding carboxylic acids is 1. The van der Waals surface area contributed by atoms with Gasteiger partial charge in [-0.15, -0.1) is 0 Å². The smallest absolute Gasteiger partial charge is 0.244 e. The molecule has 0 aliphatic heterocycles. The van der Waals surface area contributed by atoms with E-state index in [2.05, 4.69) is 10.3 Å². The summed E-state index contributed by atoms with van der Waals surface area (Å²) in [7, 11) is -3.49. The highest BCUT2D eigenvalue weighted by Gasteiger charge is 2.28. The van der Waals surface area contributed by atoms with Gasteiger partial charge in [0.1, 0.15) is 4.90 Å². The number of rotatable bonds is 9. The highest BCUT2D eigenvalue weighted by molar-refractivity contribution is 7.99. The lowest BCUT2D eigenvalue weighted by molar-refractivity contribution is -0.119. The number of nitrogens with zero attached hydrogens (tertiary/aromatic N) is 2. The fourth-order valence-corrected chi connectivity index (χ4v) is 4.52. The molecule has 24 heavy (non-hydrogen) atoms. The predicted octanol–water partition coefficient (Wildman–Crippen LogP) is 2.12. The van der Waals surface area contributed by atoms with Crippen molar-refractivity contribution in [1.29, 1.82) is 0 Å². The van der Waals surface area contributed by atoms with Crippen LogP contribution in [-0.2, 0) is 14.8 Å². The van der Waals surface area contributed by atoms with E-state index >= 15 is 0 Å². The van der Waals surface area contributed by atoms with Crippen LogP contribution >= 0.6 is 11.8 Å². The lowest BCUT2D eigenvalue weighted by atomic mass is 10.2. The summed E-state index contributed by atoms with van der Waals surface area (Å²) in [6, 6.07) is 3.43. The second-order valence-corrected chi connectivity index (χ2v) is 8.84. The van der Waals surface area contributed by atoms with Crippen LogP contribution in [0.15, 0.2) is 28.3 Å². The molecule has 1 aromatic heterocycles. The largest absolute Gasteiger partial charge is 0.353 e. The quantitative estimate of drug-likeness (QED) is 0.673. The second-order valence-electron chi connectivity index (χ2n) is 5.90. The third-order valence-electron chi connectivity index (χ3n) is 4.12. The maximum absolute atomic E-state index is 12.4. The molecule has 1 aliphatic carbocycles. The Balaban J connectivity index is 1.90. The summed E-state index contributed by atoms with van der Waals surface area (Å²) >= 11 is 1.31. The van der Waals surface area contributed by atoms with E-state index in [1.54, 1.807) is 26.0 Å². The number of pyridine rings is 1. The number of sulfonamides is 1. The summed E-state index contributed by atoms with van der Waals surface area (Å²) in [5, 5.41) is 3.63. The van der Waals surface area contributed by atoms with Gasteiger partial charge >= 0.3 is 0 Å². The van der Waals surface area contributed by atoms with Crippen LogP contribution in [0.5, 0.6) is 0 Å². The van der Waals surface area contributed by atoms with Crippen molar-refractivity contribution in [3.05, 3.63) is 18.3 Å². The molecule has 2 rings (SSSR count). The topological polar surface area (TPSA) is 79.4 Å². The van der Waals surface area contributed by atoms with E-state index in [1.807, 2.05) is 6.92 Å². The molecule has 1 saturated carbocycles. The maximum atomic E-state index is 12.4. The molecule has 0 saturated heterocycles. The SMILES string of the molecule is CCN(CC)S(=O)(=O)c1ccc(SCC(=O)N[C@H](C)C2CC2)nc1. The highest BCUT2D eigenvalue weighted by atomic mass is 32.2. The third kappa shape index (κ3) is 4.94. The van der Waals surface area contributed by atoms with E-state index in [0.29, 0.717) is 24.0 Å². The molecule has 1 aromatic rings. The highest BCUT2D eigenvalue weighted by Crippen LogP contribution is 2.32. The average molecular weight is 372 g/mol. The van der Waals surface area contributed by atoms with Crippen LogP contribution < -0.4 is 5.32 Å². The third-order valence-corrected chi connectivity index (χ3v) is 7.10. The average Bonchev–Trinajstić information content (AvgIpc) is 3.39. The minimum absolute atomic E-state index is 0.0129. The normalized spacial score (nSPS) is 16.2. The summed E-state index contributed by atoms with van der Waals surface area (Å²) in [6.45, 7) is 6.49. The van der Waals surface area contributed by atoms with Gasteiger partial charge in [-0.25, -0.2) is 13.4 Å². The van der Waals surface area contributed by atoms with Crippen molar-refractivity contribution in [3.63, 3.8) is 0 Å². The Kier molecular flexibility index (Phi) is 6.65. The van der Waals surface area contributed by atoms with Crippen molar-refractivity contribution < 1.29 is 13.2 Å². The first-order valence-electron chi connectivity index (χ1n) is 8.26. The molecule has 1 fully saturated rings. The van der Waals surface area contributed by atoms with Crippen molar-refractivity contribution in [2.45, 2.75) is 49.6 Å². The van der Waals surface area contributed by atoms with E-state index in [0.717, 1.165) is 0 Å². The van der Waals surface area contributed by atoms with Crippen LogP contribution in [0.4, 0.5) is 0 Å². The number of aromatic nitrogens is 1. The lowest BCUT2D eigenvalue weighted by Crippen LogP contribution is -2.35. The molecule has 1 heterocycles. The van der Waals surface area contributed by atoms with E-state index in [1.165, 1.54) is 35.1 Å². The summed E-state index contributed by atoms with van der Waals surface area (Å²) < 4.78 is 26.1. The fraction of sp³-hybridized carbons (Fsp3) is 0.625. The number of nitrogens with one attached hydrogen (secondary N) is 1. The van der Waals surface area contributed by atoms with Crippen LogP contribution in [-0.4, -0.2) is 48.5 Å². The standard InChI is InChI=1S/C16H25N3O3S2/c1-4-19(5-2)24(21,22)14-8-9-16(17-10-14)23-11-15(20)18-12(3)13-6-7-13/h8-10,12-13H,4-7,11H2,1-3H3,(H,18,20)/t12-/m1/s1. The molecular weight excluding hydrogens is 346 g/mol. The molecule has 0 unspecified atom stereocenters. The molecule has 0 aromatic carbocycles. The zero-order chi connectivity index (χ0) is 17.7. The minimum atomic E-state index is -3.49. The van der Waals surface area contributed by atoms with Gasteiger partial charge in [0.05, 0.1) is 10.8 Å². The first kappa shape index (κ1) is 19.2. The molecule has 0 radical (unpaired) electrons. The maximum Gasteiger partial charge on any atom is 0.244 e. The molecule has 0 bridgehead atoms. The zero-order valence-corrected chi connectivity index (χ0v) is 16.0. The molecule has 8 heteroatoms. The minimum Gasteiger partial charge on any atom is -0.353 e. The zero-order valence-electron chi connectivity index (χ0n) is 14.4. The number of carbonyl (C=O) groups is 1. The van der Waals surface area contributed by atoms with Gasteiger partial charge in [-0.3, -0.25) is 4.79 Å². The van der Waals surface area contributed by atoms with Gasteiger partial charge in [-0.05, 0) is 37.8 Å². The van der Waals surface area contributed by atoms with E-state index < -0.39 is 10.0 Å². The summed E-state index contributed by atoms with van der Waals surface area (Å²) in [5.41, 5.74) is 0. The number of hydrogen-bond donors (Lipinski definition) is 1.